The number of carbonyl (C=O) groups excluding carboxylic acids is 2. The summed E-state index contributed by atoms with van der Waals surface area (Å²) >= 11 is 3.38. The fourth-order valence-corrected chi connectivity index (χ4v) is 3.09. The van der Waals surface area contributed by atoms with Gasteiger partial charge in [0.2, 0.25) is 11.8 Å². The van der Waals surface area contributed by atoms with Gasteiger partial charge in [0.25, 0.3) is 0 Å². The molecule has 0 spiro atoms. The van der Waals surface area contributed by atoms with Crippen LogP contribution in [0.3, 0.4) is 0 Å². The van der Waals surface area contributed by atoms with Crippen LogP contribution in [0.4, 0.5) is 11.4 Å². The van der Waals surface area contributed by atoms with Crippen LogP contribution in [0.2, 0.25) is 0 Å². The van der Waals surface area contributed by atoms with Crippen LogP contribution in [-0.4, -0.2) is 25.0 Å². The van der Waals surface area contributed by atoms with Crippen molar-refractivity contribution in [3.8, 4) is 5.75 Å². The summed E-state index contributed by atoms with van der Waals surface area (Å²) in [4.78, 5) is 25.7. The van der Waals surface area contributed by atoms with Gasteiger partial charge in [-0.2, -0.15) is 0 Å². The van der Waals surface area contributed by atoms with E-state index in [2.05, 4.69) is 21.2 Å². The summed E-state index contributed by atoms with van der Waals surface area (Å²) in [6.07, 6.45) is 1.71. The molecule has 3 rings (SSSR count). The lowest BCUT2D eigenvalue weighted by molar-refractivity contribution is -0.117. The Morgan fingerprint density at radius 3 is 2.80 bits per heavy atom. The van der Waals surface area contributed by atoms with E-state index in [1.807, 2.05) is 48.5 Å². The van der Waals surface area contributed by atoms with Crippen LogP contribution >= 0.6 is 15.9 Å². The highest BCUT2D eigenvalue weighted by molar-refractivity contribution is 9.10. The number of nitrogens with one attached hydrogen (secondary N) is 1. The monoisotopic (exact) mass is 402 g/mol. The molecule has 0 bridgehead atoms. The highest BCUT2D eigenvalue weighted by Crippen LogP contribution is 2.24. The zero-order valence-corrected chi connectivity index (χ0v) is 15.3. The van der Waals surface area contributed by atoms with E-state index >= 15 is 0 Å². The average molecular weight is 403 g/mol. The molecule has 25 heavy (non-hydrogen) atoms. The molecule has 0 saturated carbocycles. The molecule has 2 aromatic carbocycles. The van der Waals surface area contributed by atoms with Gasteiger partial charge in [-0.1, -0.05) is 28.1 Å². The molecule has 1 saturated heterocycles. The van der Waals surface area contributed by atoms with E-state index < -0.39 is 0 Å². The molecular formula is C19H19BrN2O3. The van der Waals surface area contributed by atoms with Gasteiger partial charge in [0, 0.05) is 28.8 Å². The first-order valence-corrected chi connectivity index (χ1v) is 9.00. The Labute approximate surface area is 155 Å². The van der Waals surface area contributed by atoms with E-state index in [1.165, 1.54) is 0 Å². The first-order valence-electron chi connectivity index (χ1n) is 8.20. The van der Waals surface area contributed by atoms with Crippen molar-refractivity contribution in [2.75, 3.05) is 23.4 Å². The van der Waals surface area contributed by atoms with Crippen LogP contribution in [0.1, 0.15) is 19.3 Å². The molecule has 2 amide bonds. The maximum Gasteiger partial charge on any atom is 0.227 e. The van der Waals surface area contributed by atoms with Crippen LogP contribution in [0.5, 0.6) is 5.75 Å². The summed E-state index contributed by atoms with van der Waals surface area (Å²) in [6, 6.07) is 14.9. The van der Waals surface area contributed by atoms with E-state index in [-0.39, 0.29) is 18.2 Å². The lowest BCUT2D eigenvalue weighted by Crippen LogP contribution is -2.23. The number of hydrogen-bond donors (Lipinski definition) is 1. The number of rotatable bonds is 6. The minimum Gasteiger partial charge on any atom is -0.493 e. The second kappa shape index (κ2) is 8.16. The Hall–Kier alpha value is -2.34. The number of halogens is 1. The van der Waals surface area contributed by atoms with Crippen molar-refractivity contribution in [3.05, 3.63) is 53.0 Å². The van der Waals surface area contributed by atoms with Crippen LogP contribution in [0.15, 0.2) is 53.0 Å². The molecule has 5 nitrogen and oxygen atoms in total. The molecule has 2 aromatic rings. The van der Waals surface area contributed by atoms with Crippen molar-refractivity contribution in [2.45, 2.75) is 19.3 Å². The van der Waals surface area contributed by atoms with Crippen molar-refractivity contribution in [3.63, 3.8) is 0 Å². The maximum absolute atomic E-state index is 12.1. The minimum atomic E-state index is -0.125. The summed E-state index contributed by atoms with van der Waals surface area (Å²) in [6.45, 7) is 1.03. The average Bonchev–Trinajstić information content (AvgIpc) is 3.01. The number of amides is 2. The van der Waals surface area contributed by atoms with Gasteiger partial charge < -0.3 is 15.0 Å². The zero-order valence-electron chi connectivity index (χ0n) is 13.7. The Morgan fingerprint density at radius 2 is 2.04 bits per heavy atom. The lowest BCUT2D eigenvalue weighted by Gasteiger charge is -2.16. The molecule has 1 heterocycles. The molecule has 0 aliphatic carbocycles. The summed E-state index contributed by atoms with van der Waals surface area (Å²) in [5.74, 6) is 0.725. The van der Waals surface area contributed by atoms with Crippen molar-refractivity contribution in [1.82, 2.24) is 0 Å². The van der Waals surface area contributed by atoms with Crippen LogP contribution in [-0.2, 0) is 9.59 Å². The molecule has 130 valence electrons. The molecule has 1 aliphatic heterocycles. The number of nitrogens with zero attached hydrogens (tertiary/aromatic N) is 1. The number of hydrogen-bond acceptors (Lipinski definition) is 3. The molecule has 0 atom stereocenters. The normalized spacial score (nSPS) is 13.8. The number of ether oxygens (including phenoxy) is 1. The highest BCUT2D eigenvalue weighted by atomic mass is 79.9. The Balaban J connectivity index is 1.51. The number of anilines is 2. The summed E-state index contributed by atoms with van der Waals surface area (Å²) in [7, 11) is 0. The third kappa shape index (κ3) is 4.82. The van der Waals surface area contributed by atoms with Gasteiger partial charge in [-0.15, -0.1) is 0 Å². The second-order valence-electron chi connectivity index (χ2n) is 5.80. The number of carbonyl (C=O) groups is 2. The Bertz CT molecular complexity index is 779. The quantitative estimate of drug-likeness (QED) is 0.794. The van der Waals surface area contributed by atoms with E-state index in [9.17, 15) is 9.59 Å². The molecule has 0 aromatic heterocycles. The van der Waals surface area contributed by atoms with Gasteiger partial charge in [-0.3, -0.25) is 9.59 Å². The summed E-state index contributed by atoms with van der Waals surface area (Å²) in [5.41, 5.74) is 1.51. The largest absolute Gasteiger partial charge is 0.493 e. The predicted octanol–water partition coefficient (Wildman–Crippen LogP) is 3.98. The van der Waals surface area contributed by atoms with Gasteiger partial charge in [0.1, 0.15) is 5.75 Å². The SMILES string of the molecule is O=C(CCOc1cccc(Br)c1)Nc1cccc(N2CCCC2=O)c1. The van der Waals surface area contributed by atoms with Crippen LogP contribution in [0, 0.1) is 0 Å². The van der Waals surface area contributed by atoms with Crippen molar-refractivity contribution < 1.29 is 14.3 Å². The van der Waals surface area contributed by atoms with Crippen molar-refractivity contribution in [2.24, 2.45) is 0 Å². The molecule has 0 unspecified atom stereocenters. The van der Waals surface area contributed by atoms with Crippen LogP contribution < -0.4 is 15.0 Å². The number of benzene rings is 2. The Kier molecular flexibility index (Phi) is 5.71. The lowest BCUT2D eigenvalue weighted by atomic mass is 10.2. The molecular weight excluding hydrogens is 384 g/mol. The molecule has 1 fully saturated rings. The second-order valence-corrected chi connectivity index (χ2v) is 6.72. The maximum atomic E-state index is 12.1. The van der Waals surface area contributed by atoms with E-state index in [1.54, 1.807) is 4.90 Å². The summed E-state index contributed by atoms with van der Waals surface area (Å²) < 4.78 is 6.50. The molecule has 0 radical (unpaired) electrons. The van der Waals surface area contributed by atoms with E-state index in [4.69, 9.17) is 4.74 Å². The molecule has 1 N–H and O–H groups in total. The van der Waals surface area contributed by atoms with Crippen molar-refractivity contribution in [1.29, 1.82) is 0 Å². The first-order chi connectivity index (χ1) is 12.1. The van der Waals surface area contributed by atoms with Gasteiger partial charge >= 0.3 is 0 Å². The van der Waals surface area contributed by atoms with Crippen LogP contribution in [0.25, 0.3) is 0 Å². The van der Waals surface area contributed by atoms with Gasteiger partial charge in [0.05, 0.1) is 13.0 Å². The topological polar surface area (TPSA) is 58.6 Å². The fourth-order valence-electron chi connectivity index (χ4n) is 2.71. The summed E-state index contributed by atoms with van der Waals surface area (Å²) in [5, 5.41) is 2.85. The minimum absolute atomic E-state index is 0.125. The Morgan fingerprint density at radius 1 is 1.20 bits per heavy atom. The van der Waals surface area contributed by atoms with Gasteiger partial charge in [-0.25, -0.2) is 0 Å². The van der Waals surface area contributed by atoms with Gasteiger partial charge in [0.15, 0.2) is 0 Å². The van der Waals surface area contributed by atoms with E-state index in [0.29, 0.717) is 18.7 Å². The fraction of sp³-hybridized carbons (Fsp3) is 0.263. The first kappa shape index (κ1) is 17.5. The molecule has 6 heteroatoms. The predicted molar refractivity (Wildman–Crippen MR) is 101 cm³/mol. The third-order valence-corrected chi connectivity index (χ3v) is 4.40. The smallest absolute Gasteiger partial charge is 0.227 e. The van der Waals surface area contributed by atoms with Crippen molar-refractivity contribution >= 4 is 39.1 Å². The third-order valence-electron chi connectivity index (χ3n) is 3.91. The standard InChI is InChI=1S/C19H19BrN2O3/c20-14-4-1-7-17(12-14)25-11-9-18(23)21-15-5-2-6-16(13-15)22-10-3-8-19(22)24/h1-2,4-7,12-13H,3,8-11H2,(H,21,23). The van der Waals surface area contributed by atoms with E-state index in [0.717, 1.165) is 28.9 Å². The van der Waals surface area contributed by atoms with Gasteiger partial charge in [-0.05, 0) is 42.8 Å². The highest BCUT2D eigenvalue weighted by Gasteiger charge is 2.21. The zero-order chi connectivity index (χ0) is 17.6. The molecule has 1 aliphatic rings.